The van der Waals surface area contributed by atoms with E-state index in [-0.39, 0.29) is 11.9 Å². The predicted molar refractivity (Wildman–Crippen MR) is 90.1 cm³/mol. The fraction of sp³-hybridized carbons (Fsp3) is 0.588. The third-order valence-corrected chi connectivity index (χ3v) is 3.59. The van der Waals surface area contributed by atoms with Crippen molar-refractivity contribution in [1.29, 1.82) is 0 Å². The summed E-state index contributed by atoms with van der Waals surface area (Å²) in [6, 6.07) is 6.07. The number of nitrogens with zero attached hydrogens (tertiary/aromatic N) is 1. The molecule has 1 unspecified atom stereocenters. The van der Waals surface area contributed by atoms with Crippen LogP contribution in [-0.4, -0.2) is 43.0 Å². The summed E-state index contributed by atoms with van der Waals surface area (Å²) in [5.74, 6) is -0.00527. The molecule has 4 heteroatoms. The minimum Gasteiger partial charge on any atom is -0.385 e. The Bertz CT molecular complexity index is 455. The first kappa shape index (κ1) is 17.5. The number of aryl methyl sites for hydroxylation is 1. The van der Waals surface area contributed by atoms with Crippen LogP contribution >= 0.6 is 0 Å². The van der Waals surface area contributed by atoms with Gasteiger partial charge in [0.05, 0.1) is 5.56 Å². The molecule has 1 rings (SSSR count). The van der Waals surface area contributed by atoms with Gasteiger partial charge >= 0.3 is 0 Å². The molecule has 0 heterocycles. The Morgan fingerprint density at radius 1 is 1.24 bits per heavy atom. The largest absolute Gasteiger partial charge is 0.385 e. The molecule has 0 fully saturated rings. The molecule has 1 amide bonds. The number of amides is 1. The maximum atomic E-state index is 12.5. The molecule has 1 atom stereocenters. The van der Waals surface area contributed by atoms with Gasteiger partial charge in [-0.2, -0.15) is 0 Å². The van der Waals surface area contributed by atoms with E-state index in [2.05, 4.69) is 36.3 Å². The number of hydrogen-bond acceptors (Lipinski definition) is 3. The van der Waals surface area contributed by atoms with Crippen molar-refractivity contribution in [2.75, 3.05) is 31.5 Å². The lowest BCUT2D eigenvalue weighted by Gasteiger charge is -2.24. The van der Waals surface area contributed by atoms with Crippen LogP contribution in [0.3, 0.4) is 0 Å². The summed E-state index contributed by atoms with van der Waals surface area (Å²) in [6.07, 6.45) is 0. The second kappa shape index (κ2) is 8.67. The Balaban J connectivity index is 2.76. The molecule has 0 saturated carbocycles. The number of anilines is 1. The Morgan fingerprint density at radius 3 is 2.48 bits per heavy atom. The van der Waals surface area contributed by atoms with Gasteiger partial charge in [0.1, 0.15) is 0 Å². The predicted octanol–water partition coefficient (Wildman–Crippen LogP) is 2.89. The van der Waals surface area contributed by atoms with E-state index < -0.39 is 0 Å². The molecule has 21 heavy (non-hydrogen) atoms. The highest BCUT2D eigenvalue weighted by Gasteiger charge is 2.15. The van der Waals surface area contributed by atoms with E-state index in [0.29, 0.717) is 0 Å². The van der Waals surface area contributed by atoms with Crippen LogP contribution in [0.4, 0.5) is 5.69 Å². The molecular weight excluding hydrogens is 262 g/mol. The van der Waals surface area contributed by atoms with Gasteiger partial charge in [-0.05, 0) is 46.0 Å². The lowest BCUT2D eigenvalue weighted by molar-refractivity contribution is 0.0931. The Labute approximate surface area is 128 Å². The van der Waals surface area contributed by atoms with Crippen molar-refractivity contribution in [2.24, 2.45) is 0 Å². The van der Waals surface area contributed by atoms with Crippen LogP contribution in [0, 0.1) is 6.92 Å². The first-order chi connectivity index (χ1) is 10.0. The normalized spacial score (nSPS) is 12.3. The molecule has 0 saturated heterocycles. The van der Waals surface area contributed by atoms with Gasteiger partial charge in [0.15, 0.2) is 0 Å². The highest BCUT2D eigenvalue weighted by molar-refractivity contribution is 6.00. The molecular formula is C17H29N3O. The van der Waals surface area contributed by atoms with Crippen molar-refractivity contribution in [2.45, 2.75) is 40.7 Å². The highest BCUT2D eigenvalue weighted by Crippen LogP contribution is 2.17. The Morgan fingerprint density at radius 2 is 1.90 bits per heavy atom. The smallest absolute Gasteiger partial charge is 0.253 e. The molecule has 4 nitrogen and oxygen atoms in total. The second-order valence-electron chi connectivity index (χ2n) is 5.44. The average molecular weight is 291 g/mol. The topological polar surface area (TPSA) is 44.4 Å². The SMILES string of the molecule is CCNc1ccc(C)cc1C(=O)NC(C)CN(CC)CC. The van der Waals surface area contributed by atoms with E-state index in [1.165, 1.54) is 0 Å². The van der Waals surface area contributed by atoms with Crippen molar-refractivity contribution in [3.05, 3.63) is 29.3 Å². The monoisotopic (exact) mass is 291 g/mol. The summed E-state index contributed by atoms with van der Waals surface area (Å²) >= 11 is 0. The van der Waals surface area contributed by atoms with E-state index in [0.717, 1.165) is 43.0 Å². The molecule has 0 aliphatic rings. The zero-order valence-corrected chi connectivity index (χ0v) is 14.0. The van der Waals surface area contributed by atoms with E-state index >= 15 is 0 Å². The van der Waals surface area contributed by atoms with Gasteiger partial charge in [-0.15, -0.1) is 0 Å². The number of carbonyl (C=O) groups excluding carboxylic acids is 1. The third-order valence-electron chi connectivity index (χ3n) is 3.59. The second-order valence-corrected chi connectivity index (χ2v) is 5.44. The molecule has 0 radical (unpaired) electrons. The number of carbonyl (C=O) groups is 1. The lowest BCUT2D eigenvalue weighted by atomic mass is 10.1. The first-order valence-corrected chi connectivity index (χ1v) is 7.89. The number of hydrogen-bond donors (Lipinski definition) is 2. The van der Waals surface area contributed by atoms with Gasteiger partial charge in [0.25, 0.3) is 5.91 Å². The van der Waals surface area contributed by atoms with E-state index in [9.17, 15) is 4.79 Å². The van der Waals surface area contributed by atoms with Crippen molar-refractivity contribution in [3.8, 4) is 0 Å². The van der Waals surface area contributed by atoms with Crippen LogP contribution in [0.2, 0.25) is 0 Å². The van der Waals surface area contributed by atoms with Gasteiger partial charge in [-0.25, -0.2) is 0 Å². The Hall–Kier alpha value is -1.55. The fourth-order valence-electron chi connectivity index (χ4n) is 2.41. The van der Waals surface area contributed by atoms with Crippen LogP contribution in [0.15, 0.2) is 18.2 Å². The van der Waals surface area contributed by atoms with Crippen molar-refractivity contribution in [3.63, 3.8) is 0 Å². The van der Waals surface area contributed by atoms with E-state index in [1.807, 2.05) is 32.0 Å². The zero-order valence-electron chi connectivity index (χ0n) is 14.0. The summed E-state index contributed by atoms with van der Waals surface area (Å²) in [7, 11) is 0. The van der Waals surface area contributed by atoms with Gasteiger partial charge < -0.3 is 15.5 Å². The molecule has 2 N–H and O–H groups in total. The number of rotatable bonds is 8. The molecule has 0 aliphatic carbocycles. The number of nitrogens with one attached hydrogen (secondary N) is 2. The van der Waals surface area contributed by atoms with Crippen molar-refractivity contribution >= 4 is 11.6 Å². The number of benzene rings is 1. The van der Waals surface area contributed by atoms with E-state index in [1.54, 1.807) is 0 Å². The summed E-state index contributed by atoms with van der Waals surface area (Å²) in [5, 5.41) is 6.35. The molecule has 0 spiro atoms. The van der Waals surface area contributed by atoms with Crippen LogP contribution in [-0.2, 0) is 0 Å². The highest BCUT2D eigenvalue weighted by atomic mass is 16.1. The van der Waals surface area contributed by atoms with Gasteiger partial charge in [0, 0.05) is 24.8 Å². The van der Waals surface area contributed by atoms with Gasteiger partial charge in [-0.3, -0.25) is 4.79 Å². The maximum Gasteiger partial charge on any atom is 0.253 e. The number of likely N-dealkylation sites (N-methyl/N-ethyl adjacent to an activating group) is 1. The Kier molecular flexibility index (Phi) is 7.23. The lowest BCUT2D eigenvalue weighted by Crippen LogP contribution is -2.42. The minimum atomic E-state index is -0.00527. The van der Waals surface area contributed by atoms with Gasteiger partial charge in [0.2, 0.25) is 0 Å². The fourth-order valence-corrected chi connectivity index (χ4v) is 2.41. The average Bonchev–Trinajstić information content (AvgIpc) is 2.46. The minimum absolute atomic E-state index is 0.00527. The summed E-state index contributed by atoms with van der Waals surface area (Å²) in [4.78, 5) is 14.8. The molecule has 1 aromatic carbocycles. The van der Waals surface area contributed by atoms with Crippen LogP contribution in [0.1, 0.15) is 43.6 Å². The summed E-state index contributed by atoms with van der Waals surface area (Å²) < 4.78 is 0. The standard InChI is InChI=1S/C17H29N3O/c1-6-18-16-10-9-13(4)11-15(16)17(21)19-14(5)12-20(7-2)8-3/h9-11,14,18H,6-8,12H2,1-5H3,(H,19,21). The van der Waals surface area contributed by atoms with Crippen LogP contribution < -0.4 is 10.6 Å². The summed E-state index contributed by atoms with van der Waals surface area (Å²) in [5.41, 5.74) is 2.72. The molecule has 118 valence electrons. The molecule has 0 bridgehead atoms. The van der Waals surface area contributed by atoms with Gasteiger partial charge in [-0.1, -0.05) is 25.5 Å². The molecule has 0 aliphatic heterocycles. The first-order valence-electron chi connectivity index (χ1n) is 7.89. The molecule has 1 aromatic rings. The quantitative estimate of drug-likeness (QED) is 0.774. The van der Waals surface area contributed by atoms with Crippen LogP contribution in [0.25, 0.3) is 0 Å². The van der Waals surface area contributed by atoms with Crippen LogP contribution in [0.5, 0.6) is 0 Å². The maximum absolute atomic E-state index is 12.5. The third kappa shape index (κ3) is 5.38. The van der Waals surface area contributed by atoms with E-state index in [4.69, 9.17) is 0 Å². The molecule has 0 aromatic heterocycles. The zero-order chi connectivity index (χ0) is 15.8. The summed E-state index contributed by atoms with van der Waals surface area (Å²) in [6.45, 7) is 14.1. The van der Waals surface area contributed by atoms with Crippen molar-refractivity contribution in [1.82, 2.24) is 10.2 Å². The van der Waals surface area contributed by atoms with Crippen molar-refractivity contribution < 1.29 is 4.79 Å².